The van der Waals surface area contributed by atoms with Gasteiger partial charge >= 0.3 is 0 Å². The van der Waals surface area contributed by atoms with Crippen molar-refractivity contribution in [2.24, 2.45) is 0 Å². The average Bonchev–Trinajstić information content (AvgIpc) is 2.43. The zero-order valence-electron chi connectivity index (χ0n) is 14.7. The molecule has 0 spiro atoms. The molecule has 0 aliphatic carbocycles. The molecule has 1 aromatic rings. The molecule has 0 saturated heterocycles. The Bertz CT molecular complexity index is 564. The molecule has 23 heavy (non-hydrogen) atoms. The van der Waals surface area contributed by atoms with Gasteiger partial charge in [-0.15, -0.1) is 0 Å². The summed E-state index contributed by atoms with van der Waals surface area (Å²) in [7, 11) is 3.12. The van der Waals surface area contributed by atoms with E-state index in [4.69, 9.17) is 9.47 Å². The van der Waals surface area contributed by atoms with Gasteiger partial charge in [-0.05, 0) is 45.4 Å². The third kappa shape index (κ3) is 6.59. The van der Waals surface area contributed by atoms with Crippen molar-refractivity contribution in [3.63, 3.8) is 0 Å². The first kappa shape index (κ1) is 18.8. The van der Waals surface area contributed by atoms with E-state index in [1.807, 2.05) is 39.8 Å². The summed E-state index contributed by atoms with van der Waals surface area (Å²) in [6.45, 7) is 7.45. The summed E-state index contributed by atoms with van der Waals surface area (Å²) in [4.78, 5) is 25.2. The lowest BCUT2D eigenvalue weighted by atomic mass is 10.1. The van der Waals surface area contributed by atoms with Gasteiger partial charge in [0.15, 0.2) is 18.1 Å². The van der Waals surface area contributed by atoms with Crippen LogP contribution < -0.4 is 14.8 Å². The Hall–Kier alpha value is -2.24. The van der Waals surface area contributed by atoms with Gasteiger partial charge in [-0.2, -0.15) is 0 Å². The molecule has 0 bridgehead atoms. The largest absolute Gasteiger partial charge is 0.493 e. The number of hydrogen-bond acceptors (Lipinski definition) is 4. The van der Waals surface area contributed by atoms with Gasteiger partial charge in [-0.1, -0.05) is 6.07 Å². The number of nitrogens with one attached hydrogen (secondary N) is 1. The van der Waals surface area contributed by atoms with Crippen LogP contribution in [-0.4, -0.2) is 49.6 Å². The van der Waals surface area contributed by atoms with E-state index in [0.717, 1.165) is 5.56 Å². The van der Waals surface area contributed by atoms with Gasteiger partial charge in [0.05, 0.1) is 13.7 Å². The van der Waals surface area contributed by atoms with Crippen molar-refractivity contribution in [2.45, 2.75) is 33.2 Å². The van der Waals surface area contributed by atoms with Crippen molar-refractivity contribution < 1.29 is 19.1 Å². The molecule has 0 unspecified atom stereocenters. The van der Waals surface area contributed by atoms with Crippen LogP contribution in [-0.2, 0) is 9.59 Å². The van der Waals surface area contributed by atoms with Crippen LogP contribution in [0, 0.1) is 6.92 Å². The molecular formula is C17H26N2O4. The molecule has 0 aromatic heterocycles. The minimum Gasteiger partial charge on any atom is -0.493 e. The zero-order chi connectivity index (χ0) is 17.6. The predicted molar refractivity (Wildman–Crippen MR) is 88.8 cm³/mol. The summed E-state index contributed by atoms with van der Waals surface area (Å²) in [5, 5.41) is 2.81. The number of carbonyl (C=O) groups excluding carboxylic acids is 2. The maximum Gasteiger partial charge on any atom is 0.260 e. The van der Waals surface area contributed by atoms with Crippen LogP contribution in [0.25, 0.3) is 0 Å². The smallest absolute Gasteiger partial charge is 0.260 e. The molecule has 0 radical (unpaired) electrons. The Morgan fingerprint density at radius 1 is 1.22 bits per heavy atom. The van der Waals surface area contributed by atoms with E-state index in [2.05, 4.69) is 5.32 Å². The van der Waals surface area contributed by atoms with Crippen molar-refractivity contribution >= 4 is 11.8 Å². The summed E-state index contributed by atoms with van der Waals surface area (Å²) in [5.74, 6) is 0.586. The van der Waals surface area contributed by atoms with Gasteiger partial charge in [0.1, 0.15) is 0 Å². The lowest BCUT2D eigenvalue weighted by Gasteiger charge is -2.23. The highest BCUT2D eigenvalue weighted by Crippen LogP contribution is 2.27. The van der Waals surface area contributed by atoms with Gasteiger partial charge in [-0.3, -0.25) is 9.59 Å². The Labute approximate surface area is 137 Å². The third-order valence-corrected chi connectivity index (χ3v) is 2.99. The molecule has 0 aliphatic rings. The summed E-state index contributed by atoms with van der Waals surface area (Å²) >= 11 is 0. The molecule has 128 valence electrons. The van der Waals surface area contributed by atoms with Gasteiger partial charge in [-0.25, -0.2) is 0 Å². The Kier molecular flexibility index (Phi) is 6.42. The molecule has 6 heteroatoms. The highest BCUT2D eigenvalue weighted by Gasteiger charge is 2.18. The molecule has 1 aromatic carbocycles. The third-order valence-electron chi connectivity index (χ3n) is 2.99. The van der Waals surface area contributed by atoms with Gasteiger partial charge in [0.25, 0.3) is 5.91 Å². The molecule has 0 atom stereocenters. The molecule has 0 aliphatic heterocycles. The Morgan fingerprint density at radius 3 is 2.43 bits per heavy atom. The second kappa shape index (κ2) is 7.85. The number of likely N-dealkylation sites (N-methyl/N-ethyl adjacent to an activating group) is 1. The van der Waals surface area contributed by atoms with Crippen LogP contribution in [0.1, 0.15) is 26.3 Å². The number of carbonyl (C=O) groups is 2. The number of ether oxygens (including phenoxy) is 2. The Morgan fingerprint density at radius 2 is 1.87 bits per heavy atom. The molecule has 1 rings (SSSR count). The molecule has 6 nitrogen and oxygen atoms in total. The summed E-state index contributed by atoms with van der Waals surface area (Å²) < 4.78 is 10.7. The predicted octanol–water partition coefficient (Wildman–Crippen LogP) is 1.76. The normalized spacial score (nSPS) is 10.9. The van der Waals surface area contributed by atoms with Crippen molar-refractivity contribution in [3.05, 3.63) is 23.8 Å². The van der Waals surface area contributed by atoms with Gasteiger partial charge in [0.2, 0.25) is 5.91 Å². The number of benzene rings is 1. The van der Waals surface area contributed by atoms with Crippen LogP contribution in [0.5, 0.6) is 11.5 Å². The van der Waals surface area contributed by atoms with Crippen molar-refractivity contribution in [1.29, 1.82) is 0 Å². The monoisotopic (exact) mass is 322 g/mol. The van der Waals surface area contributed by atoms with Gasteiger partial charge < -0.3 is 19.7 Å². The maximum absolute atomic E-state index is 12.1. The molecule has 2 amide bonds. The second-order valence-corrected chi connectivity index (χ2v) is 6.49. The molecule has 1 N–H and O–H groups in total. The second-order valence-electron chi connectivity index (χ2n) is 6.49. The average molecular weight is 322 g/mol. The molecule has 0 saturated carbocycles. The van der Waals surface area contributed by atoms with E-state index in [1.54, 1.807) is 20.2 Å². The first-order valence-electron chi connectivity index (χ1n) is 7.45. The lowest BCUT2D eigenvalue weighted by Crippen LogP contribution is -2.47. The van der Waals surface area contributed by atoms with Crippen LogP contribution in [0.15, 0.2) is 18.2 Å². The fourth-order valence-electron chi connectivity index (χ4n) is 1.91. The number of aryl methyl sites for hydroxylation is 1. The SMILES string of the molecule is COc1cc(C)ccc1OCC(=O)N(C)CC(=O)NC(C)(C)C. The Balaban J connectivity index is 2.55. The van der Waals surface area contributed by atoms with E-state index < -0.39 is 0 Å². The highest BCUT2D eigenvalue weighted by atomic mass is 16.5. The standard InChI is InChI=1S/C17H26N2O4/c1-12-7-8-13(14(9-12)22-6)23-11-16(21)19(5)10-15(20)18-17(2,3)4/h7-9H,10-11H2,1-6H3,(H,18,20). The highest BCUT2D eigenvalue weighted by molar-refractivity contribution is 5.85. The minimum atomic E-state index is -0.327. The number of rotatable bonds is 6. The fourth-order valence-corrected chi connectivity index (χ4v) is 1.91. The van der Waals surface area contributed by atoms with E-state index in [-0.39, 0.29) is 30.5 Å². The first-order valence-corrected chi connectivity index (χ1v) is 7.45. The topological polar surface area (TPSA) is 67.9 Å². The van der Waals surface area contributed by atoms with Crippen LogP contribution >= 0.6 is 0 Å². The number of amides is 2. The van der Waals surface area contributed by atoms with E-state index in [1.165, 1.54) is 4.90 Å². The number of nitrogens with zero attached hydrogens (tertiary/aromatic N) is 1. The van der Waals surface area contributed by atoms with Crippen molar-refractivity contribution in [2.75, 3.05) is 27.3 Å². The van der Waals surface area contributed by atoms with Crippen LogP contribution in [0.4, 0.5) is 0 Å². The molecule has 0 fully saturated rings. The molecular weight excluding hydrogens is 296 g/mol. The summed E-state index contributed by atoms with van der Waals surface area (Å²) in [6.07, 6.45) is 0. The quantitative estimate of drug-likeness (QED) is 0.866. The van der Waals surface area contributed by atoms with Crippen molar-refractivity contribution in [1.82, 2.24) is 10.2 Å². The number of methoxy groups -OCH3 is 1. The summed E-state index contributed by atoms with van der Waals surface area (Å²) in [5.41, 5.74) is 0.712. The molecule has 0 heterocycles. The van der Waals surface area contributed by atoms with E-state index in [9.17, 15) is 9.59 Å². The van der Waals surface area contributed by atoms with Crippen LogP contribution in [0.2, 0.25) is 0 Å². The lowest BCUT2D eigenvalue weighted by molar-refractivity contribution is -0.136. The maximum atomic E-state index is 12.1. The first-order chi connectivity index (χ1) is 10.6. The number of hydrogen-bond donors (Lipinski definition) is 1. The van der Waals surface area contributed by atoms with E-state index >= 15 is 0 Å². The summed E-state index contributed by atoms with van der Waals surface area (Å²) in [6, 6.07) is 5.47. The van der Waals surface area contributed by atoms with E-state index in [0.29, 0.717) is 11.5 Å². The van der Waals surface area contributed by atoms with Crippen molar-refractivity contribution in [3.8, 4) is 11.5 Å². The fraction of sp³-hybridized carbons (Fsp3) is 0.529. The zero-order valence-corrected chi connectivity index (χ0v) is 14.7. The van der Waals surface area contributed by atoms with Crippen LogP contribution in [0.3, 0.4) is 0 Å². The minimum absolute atomic E-state index is 0.00943. The van der Waals surface area contributed by atoms with Gasteiger partial charge in [0, 0.05) is 12.6 Å².